The quantitative estimate of drug-likeness (QED) is 0.0752. The van der Waals surface area contributed by atoms with E-state index in [2.05, 4.69) is 303 Å². The molecule has 1 aliphatic heterocycles. The van der Waals surface area contributed by atoms with Crippen molar-refractivity contribution in [1.82, 2.24) is 0 Å². The van der Waals surface area contributed by atoms with Gasteiger partial charge in [0, 0.05) is 0 Å². The lowest BCUT2D eigenvalue weighted by atomic mass is 9.43. The molecule has 2 atom stereocenters. The van der Waals surface area contributed by atoms with Gasteiger partial charge in [0.15, 0.2) is 0 Å². The van der Waals surface area contributed by atoms with Crippen LogP contribution < -0.4 is 53.4 Å². The lowest BCUT2D eigenvalue weighted by Crippen LogP contribution is -2.76. The normalized spacial score (nSPS) is 18.3. The molecule has 0 amide bonds. The summed E-state index contributed by atoms with van der Waals surface area (Å²) in [5.74, 6) is -3.04. The van der Waals surface area contributed by atoms with Crippen LogP contribution in [0.5, 0.6) is 0 Å². The van der Waals surface area contributed by atoms with Gasteiger partial charge < -0.3 is 0 Å². The molecule has 70 heavy (non-hydrogen) atoms. The summed E-state index contributed by atoms with van der Waals surface area (Å²) < 4.78 is 0. The topological polar surface area (TPSA) is 0 Å². The van der Waals surface area contributed by atoms with Crippen LogP contribution in [0, 0.1) is 0 Å². The predicted molar refractivity (Wildman–Crippen MR) is 319 cm³/mol. The van der Waals surface area contributed by atoms with Crippen molar-refractivity contribution in [3.8, 4) is 0 Å². The van der Waals surface area contributed by atoms with Crippen molar-refractivity contribution >= 4 is 95.2 Å². The third kappa shape index (κ3) is 8.39. The zero-order chi connectivity index (χ0) is 47.1. The average molecular weight is 973 g/mol. The zero-order valence-electron chi connectivity index (χ0n) is 39.6. The van der Waals surface area contributed by atoms with Crippen LogP contribution >= 0.6 is 30.1 Å². The first kappa shape index (κ1) is 46.4. The molecule has 1 aliphatic rings. The lowest BCUT2D eigenvalue weighted by Gasteiger charge is -2.68. The number of hydrogen-bond acceptors (Lipinski definition) is 0. The summed E-state index contributed by atoms with van der Waals surface area (Å²) in [4.78, 5) is 0. The fourth-order valence-electron chi connectivity index (χ4n) is 13.0. The third-order valence-corrected chi connectivity index (χ3v) is 34.6. The summed E-state index contributed by atoms with van der Waals surface area (Å²) in [6, 6.07) is 123. The average Bonchev–Trinajstić information content (AvgIpc) is 3.46. The molecule has 1 saturated heterocycles. The van der Waals surface area contributed by atoms with Gasteiger partial charge in [-0.05, 0) is 81.9 Å². The van der Waals surface area contributed by atoms with E-state index in [9.17, 15) is 0 Å². The van der Waals surface area contributed by atoms with Crippen LogP contribution in [-0.4, -0.2) is 36.0 Å². The van der Waals surface area contributed by atoms with Gasteiger partial charge in [-0.1, -0.05) is 271 Å². The van der Waals surface area contributed by atoms with Gasteiger partial charge in [0.25, 0.3) is 0 Å². The van der Waals surface area contributed by atoms with E-state index in [0.29, 0.717) is 0 Å². The Morgan fingerprint density at radius 1 is 0.243 bits per heavy atom. The van der Waals surface area contributed by atoms with Crippen molar-refractivity contribution in [2.24, 2.45) is 0 Å². The first-order valence-corrected chi connectivity index (χ1v) is 32.0. The molecule has 11 rings (SSSR count). The van der Waals surface area contributed by atoms with Gasteiger partial charge in [-0.15, -0.1) is 26.4 Å². The highest BCUT2D eigenvalue weighted by molar-refractivity contribution is 8.33. The van der Waals surface area contributed by atoms with Crippen molar-refractivity contribution in [1.29, 1.82) is 0 Å². The van der Waals surface area contributed by atoms with Crippen molar-refractivity contribution in [2.45, 2.75) is 0 Å². The van der Waals surface area contributed by atoms with Crippen LogP contribution in [0.2, 0.25) is 0 Å². The Morgan fingerprint density at radius 3 is 0.643 bits per heavy atom. The fraction of sp³-hybridized carbons (Fsp3) is 0.0625. The maximum Gasteiger partial charge on any atom is 0.236 e. The van der Waals surface area contributed by atoms with Gasteiger partial charge >= 0.3 is 0 Å². The second-order valence-corrected chi connectivity index (χ2v) is 32.0. The summed E-state index contributed by atoms with van der Waals surface area (Å²) in [5.41, 5.74) is 3.06. The van der Waals surface area contributed by atoms with Gasteiger partial charge in [0.05, 0.1) is 21.2 Å². The number of hydrogen-bond donors (Lipinski definition) is 0. The molecule has 0 nitrogen and oxygen atoms in total. The van der Waals surface area contributed by atoms with Crippen LogP contribution in [0.3, 0.4) is 0 Å². The molecule has 0 unspecified atom stereocenters. The zero-order valence-corrected chi connectivity index (χ0v) is 43.2. The Labute approximate surface area is 420 Å². The maximum absolute atomic E-state index is 2.57. The van der Waals surface area contributed by atoms with E-state index in [4.69, 9.17) is 0 Å². The minimum atomic E-state index is -2.56. The second-order valence-electron chi connectivity index (χ2n) is 19.2. The van der Waals surface area contributed by atoms with E-state index >= 15 is 0 Å². The SMILES string of the molecule is c1ccc(P(C[B@@-]2(c3ccccc3)C[P+](c3ccccc3)(c3ccccc3)[B@@-](CP(c3ccccc3)c3ccccc3)(c3ccccc3)C[P+]2(c2ccccc2)c2ccccc2)c2ccccc2)cc1. The van der Waals surface area contributed by atoms with Gasteiger partial charge in [-0.2, -0.15) is 10.9 Å². The first-order chi connectivity index (χ1) is 34.7. The van der Waals surface area contributed by atoms with Crippen LogP contribution in [0.15, 0.2) is 303 Å². The Hall–Kier alpha value is -5.95. The van der Waals surface area contributed by atoms with E-state index < -0.39 is 41.9 Å². The highest BCUT2D eigenvalue weighted by Crippen LogP contribution is 2.82. The fourth-order valence-corrected chi connectivity index (χ4v) is 37.1. The van der Waals surface area contributed by atoms with Crippen LogP contribution in [0.1, 0.15) is 0 Å². The predicted octanol–water partition coefficient (Wildman–Crippen LogP) is 11.5. The molecule has 0 aromatic heterocycles. The lowest BCUT2D eigenvalue weighted by molar-refractivity contribution is 1.61. The highest BCUT2D eigenvalue weighted by atomic mass is 31.2. The Morgan fingerprint density at radius 2 is 0.429 bits per heavy atom. The number of benzene rings is 10. The van der Waals surface area contributed by atoms with Crippen molar-refractivity contribution in [3.05, 3.63) is 303 Å². The smallest absolute Gasteiger partial charge is 0.163 e. The summed E-state index contributed by atoms with van der Waals surface area (Å²) in [5, 5.41) is 11.9. The van der Waals surface area contributed by atoms with E-state index in [1.807, 2.05) is 0 Å². The van der Waals surface area contributed by atoms with E-state index in [1.54, 1.807) is 0 Å². The molecule has 10 aromatic rings. The van der Waals surface area contributed by atoms with E-state index in [-0.39, 0.29) is 0 Å². The molecule has 0 N–H and O–H groups in total. The monoisotopic (exact) mass is 972 g/mol. The Balaban J connectivity index is 1.36. The first-order valence-electron chi connectivity index (χ1n) is 24.9. The third-order valence-electron chi connectivity index (χ3n) is 15.8. The largest absolute Gasteiger partial charge is 0.236 e. The van der Waals surface area contributed by atoms with Gasteiger partial charge in [-0.25, -0.2) is 0 Å². The molecular weight excluding hydrogens is 914 g/mol. The van der Waals surface area contributed by atoms with Crippen LogP contribution in [-0.2, 0) is 0 Å². The van der Waals surface area contributed by atoms with Crippen LogP contribution in [0.25, 0.3) is 0 Å². The molecule has 1 fully saturated rings. The molecule has 1 heterocycles. The summed E-state index contributed by atoms with van der Waals surface area (Å²) in [7, 11) is -6.82. The molecular formula is C64H58B2P4. The molecule has 0 spiro atoms. The molecule has 0 aliphatic carbocycles. The minimum Gasteiger partial charge on any atom is -0.163 e. The summed E-state index contributed by atoms with van der Waals surface area (Å²) in [6.45, 7) is 0. The minimum absolute atomic E-state index is 0.854. The van der Waals surface area contributed by atoms with Gasteiger partial charge in [0.1, 0.15) is 0 Å². The number of rotatable bonds is 14. The summed E-state index contributed by atoms with van der Waals surface area (Å²) >= 11 is 0. The highest BCUT2D eigenvalue weighted by Gasteiger charge is 2.73. The maximum atomic E-state index is 2.57. The van der Waals surface area contributed by atoms with Gasteiger partial charge in [-0.3, -0.25) is 0 Å². The van der Waals surface area contributed by atoms with Gasteiger partial charge in [0.2, 0.25) is 11.7 Å². The Kier molecular flexibility index (Phi) is 13.8. The second kappa shape index (κ2) is 20.8. The van der Waals surface area contributed by atoms with Crippen LogP contribution in [0.4, 0.5) is 0 Å². The molecule has 0 bridgehead atoms. The van der Waals surface area contributed by atoms with Crippen molar-refractivity contribution in [3.63, 3.8) is 0 Å². The Bertz CT molecular complexity index is 2820. The van der Waals surface area contributed by atoms with Crippen molar-refractivity contribution < 1.29 is 0 Å². The summed E-state index contributed by atoms with van der Waals surface area (Å²) in [6.07, 6.45) is 0. The molecule has 10 aromatic carbocycles. The van der Waals surface area contributed by atoms with Crippen molar-refractivity contribution in [2.75, 3.05) is 24.2 Å². The molecule has 0 radical (unpaired) electrons. The standard InChI is InChI=1S/C64H58B2P4/c1-11-31-55(32-12-1)65(51-67(57-35-15-3-16-36-57)58-37-17-4-18-38-58)53-70(63-47-27-9-28-48-63,64-49-29-10-30-50-64)66(56-33-13-2-14-34-56,52-68(59-39-19-5-20-40-59)60-41-21-6-22-42-60)54-69(65,61-43-23-7-24-44-61)62-45-25-8-26-46-62/h1-50H,51-54H2/t65-,66+. The molecule has 0 saturated carbocycles. The van der Waals surface area contributed by atoms with E-state index in [1.165, 1.54) is 53.4 Å². The molecule has 340 valence electrons. The molecule has 6 heteroatoms. The van der Waals surface area contributed by atoms with E-state index in [0.717, 1.165) is 24.2 Å².